The first-order chi connectivity index (χ1) is 15.8. The summed E-state index contributed by atoms with van der Waals surface area (Å²) in [5.41, 5.74) is 5.12. The van der Waals surface area contributed by atoms with E-state index in [2.05, 4.69) is 42.5 Å². The van der Waals surface area contributed by atoms with Crippen molar-refractivity contribution in [1.82, 2.24) is 0 Å². The fourth-order valence-corrected chi connectivity index (χ4v) is 4.30. The van der Waals surface area contributed by atoms with E-state index >= 15 is 0 Å². The standard InChI is InChI=1S/C29H26O4/c1-18-16-23(12-14-27(18)32-20(3)30)29(24-13-15-28(19(2)17-24)33-21(4)31)26-11-7-9-22-8-5-6-10-25(22)26/h5-17,29H,1-4H3. The molecule has 0 fully saturated rings. The molecule has 0 saturated heterocycles. The third-order valence-electron chi connectivity index (χ3n) is 5.71. The predicted molar refractivity (Wildman–Crippen MR) is 130 cm³/mol. The highest BCUT2D eigenvalue weighted by atomic mass is 16.5. The number of hydrogen-bond acceptors (Lipinski definition) is 4. The first kappa shape index (κ1) is 22.3. The van der Waals surface area contributed by atoms with E-state index in [9.17, 15) is 9.59 Å². The first-order valence-corrected chi connectivity index (χ1v) is 10.9. The largest absolute Gasteiger partial charge is 0.426 e. The number of rotatable bonds is 5. The maximum atomic E-state index is 11.5. The Kier molecular flexibility index (Phi) is 6.27. The van der Waals surface area contributed by atoms with Gasteiger partial charge >= 0.3 is 11.9 Å². The maximum Gasteiger partial charge on any atom is 0.308 e. The number of carbonyl (C=O) groups excluding carboxylic acids is 2. The Morgan fingerprint density at radius 2 is 1.18 bits per heavy atom. The molecule has 0 aliphatic carbocycles. The van der Waals surface area contributed by atoms with Crippen LogP contribution in [0.3, 0.4) is 0 Å². The average Bonchev–Trinajstić information content (AvgIpc) is 2.77. The van der Waals surface area contributed by atoms with Crippen LogP contribution in [-0.4, -0.2) is 11.9 Å². The van der Waals surface area contributed by atoms with Gasteiger partial charge in [0, 0.05) is 19.8 Å². The van der Waals surface area contributed by atoms with Crippen LogP contribution in [0.25, 0.3) is 10.8 Å². The van der Waals surface area contributed by atoms with E-state index in [1.807, 2.05) is 50.2 Å². The fraction of sp³-hybridized carbons (Fsp3) is 0.172. The van der Waals surface area contributed by atoms with Crippen molar-refractivity contribution >= 4 is 22.7 Å². The smallest absolute Gasteiger partial charge is 0.308 e. The van der Waals surface area contributed by atoms with E-state index < -0.39 is 0 Å². The van der Waals surface area contributed by atoms with Crippen LogP contribution in [0.4, 0.5) is 0 Å². The Morgan fingerprint density at radius 1 is 0.667 bits per heavy atom. The van der Waals surface area contributed by atoms with Crippen LogP contribution in [0.1, 0.15) is 47.6 Å². The van der Waals surface area contributed by atoms with Gasteiger partial charge in [0.25, 0.3) is 0 Å². The van der Waals surface area contributed by atoms with Gasteiger partial charge < -0.3 is 9.47 Å². The van der Waals surface area contributed by atoms with Gasteiger partial charge in [0.05, 0.1) is 0 Å². The van der Waals surface area contributed by atoms with Crippen LogP contribution in [0.2, 0.25) is 0 Å². The minimum atomic E-state index is -0.340. The molecule has 4 nitrogen and oxygen atoms in total. The van der Waals surface area contributed by atoms with E-state index in [0.29, 0.717) is 11.5 Å². The highest BCUT2D eigenvalue weighted by Gasteiger charge is 2.21. The van der Waals surface area contributed by atoms with E-state index in [0.717, 1.165) is 22.3 Å². The summed E-state index contributed by atoms with van der Waals surface area (Å²) in [6.07, 6.45) is 0. The quantitative estimate of drug-likeness (QED) is 0.203. The summed E-state index contributed by atoms with van der Waals surface area (Å²) in [5.74, 6) is 0.376. The molecule has 0 spiro atoms. The molecule has 0 bridgehead atoms. The second-order valence-corrected chi connectivity index (χ2v) is 8.24. The topological polar surface area (TPSA) is 52.6 Å². The van der Waals surface area contributed by atoms with Crippen molar-refractivity contribution in [3.05, 3.63) is 107 Å². The Morgan fingerprint density at radius 3 is 1.70 bits per heavy atom. The molecule has 0 saturated carbocycles. The molecule has 0 N–H and O–H groups in total. The van der Waals surface area contributed by atoms with Crippen molar-refractivity contribution in [2.45, 2.75) is 33.6 Å². The number of fused-ring (bicyclic) bond motifs is 1. The molecule has 0 amide bonds. The maximum absolute atomic E-state index is 11.5. The van der Waals surface area contributed by atoms with E-state index in [1.165, 1.54) is 30.2 Å². The van der Waals surface area contributed by atoms with Gasteiger partial charge in [0.2, 0.25) is 0 Å². The second kappa shape index (κ2) is 9.29. The molecule has 4 rings (SSSR count). The van der Waals surface area contributed by atoms with Crippen LogP contribution in [0.15, 0.2) is 78.9 Å². The molecule has 0 atom stereocenters. The lowest BCUT2D eigenvalue weighted by molar-refractivity contribution is -0.132. The Labute approximate surface area is 193 Å². The molecule has 0 aliphatic rings. The van der Waals surface area contributed by atoms with Crippen molar-refractivity contribution in [2.75, 3.05) is 0 Å². The number of hydrogen-bond donors (Lipinski definition) is 0. The first-order valence-electron chi connectivity index (χ1n) is 10.9. The normalized spacial score (nSPS) is 10.9. The number of carbonyl (C=O) groups is 2. The van der Waals surface area contributed by atoms with E-state index in [4.69, 9.17) is 9.47 Å². The molecular weight excluding hydrogens is 412 g/mol. The molecule has 4 aromatic rings. The minimum Gasteiger partial charge on any atom is -0.426 e. The van der Waals surface area contributed by atoms with Gasteiger partial charge in [-0.25, -0.2) is 0 Å². The lowest BCUT2D eigenvalue weighted by atomic mass is 9.82. The van der Waals surface area contributed by atoms with Crippen molar-refractivity contribution in [1.29, 1.82) is 0 Å². The Hall–Kier alpha value is -3.92. The Balaban J connectivity index is 1.90. The van der Waals surface area contributed by atoms with Gasteiger partial charge in [-0.2, -0.15) is 0 Å². The molecular formula is C29H26O4. The number of esters is 2. The number of aryl methyl sites for hydroxylation is 2. The third-order valence-corrected chi connectivity index (χ3v) is 5.71. The van der Waals surface area contributed by atoms with Crippen LogP contribution < -0.4 is 9.47 Å². The predicted octanol–water partition coefficient (Wildman–Crippen LogP) is 6.49. The summed E-state index contributed by atoms with van der Waals surface area (Å²) >= 11 is 0. The van der Waals surface area contributed by atoms with Crippen molar-refractivity contribution in [3.63, 3.8) is 0 Å². The highest BCUT2D eigenvalue weighted by Crippen LogP contribution is 2.39. The molecule has 33 heavy (non-hydrogen) atoms. The van der Waals surface area contributed by atoms with Crippen molar-refractivity contribution in [2.24, 2.45) is 0 Å². The summed E-state index contributed by atoms with van der Waals surface area (Å²) in [6, 6.07) is 26.5. The van der Waals surface area contributed by atoms with Gasteiger partial charge in [0.15, 0.2) is 0 Å². The van der Waals surface area contributed by atoms with Crippen molar-refractivity contribution < 1.29 is 19.1 Å². The van der Waals surface area contributed by atoms with Crippen LogP contribution >= 0.6 is 0 Å². The molecule has 4 heteroatoms. The fourth-order valence-electron chi connectivity index (χ4n) is 4.30. The van der Waals surface area contributed by atoms with E-state index in [-0.39, 0.29) is 17.9 Å². The van der Waals surface area contributed by atoms with Gasteiger partial charge in [0.1, 0.15) is 11.5 Å². The Bertz CT molecular complexity index is 1280. The zero-order chi connectivity index (χ0) is 23.5. The summed E-state index contributed by atoms with van der Waals surface area (Å²) in [4.78, 5) is 22.9. The summed E-state index contributed by atoms with van der Waals surface area (Å²) in [7, 11) is 0. The van der Waals surface area contributed by atoms with Gasteiger partial charge in [-0.3, -0.25) is 9.59 Å². The molecule has 0 aliphatic heterocycles. The molecule has 0 heterocycles. The molecule has 4 aromatic carbocycles. The lowest BCUT2D eigenvalue weighted by Gasteiger charge is -2.23. The van der Waals surface area contributed by atoms with Gasteiger partial charge in [-0.1, -0.05) is 66.7 Å². The molecule has 166 valence electrons. The van der Waals surface area contributed by atoms with Crippen LogP contribution in [0.5, 0.6) is 11.5 Å². The average molecular weight is 439 g/mol. The minimum absolute atomic E-state index is 0.0637. The molecule has 0 aromatic heterocycles. The van der Waals surface area contributed by atoms with Crippen LogP contribution in [0, 0.1) is 13.8 Å². The molecule has 0 unspecified atom stereocenters. The number of ether oxygens (including phenoxy) is 2. The summed E-state index contributed by atoms with van der Waals surface area (Å²) in [6.45, 7) is 6.69. The zero-order valence-corrected chi connectivity index (χ0v) is 19.2. The SMILES string of the molecule is CC(=O)Oc1ccc(C(c2ccc(OC(C)=O)c(C)c2)c2cccc3ccccc23)cc1C. The van der Waals surface area contributed by atoms with Gasteiger partial charge in [-0.15, -0.1) is 0 Å². The zero-order valence-electron chi connectivity index (χ0n) is 19.2. The van der Waals surface area contributed by atoms with Crippen LogP contribution in [-0.2, 0) is 9.59 Å². The number of benzene rings is 4. The van der Waals surface area contributed by atoms with Crippen molar-refractivity contribution in [3.8, 4) is 11.5 Å². The third kappa shape index (κ3) is 4.80. The summed E-state index contributed by atoms with van der Waals surface area (Å²) < 4.78 is 10.7. The monoisotopic (exact) mass is 438 g/mol. The molecule has 0 radical (unpaired) electrons. The van der Waals surface area contributed by atoms with Gasteiger partial charge in [-0.05, 0) is 64.6 Å². The second-order valence-electron chi connectivity index (χ2n) is 8.24. The van der Waals surface area contributed by atoms with E-state index in [1.54, 1.807) is 0 Å². The lowest BCUT2D eigenvalue weighted by Crippen LogP contribution is -2.08. The summed E-state index contributed by atoms with van der Waals surface area (Å²) in [5, 5.41) is 2.34. The highest BCUT2D eigenvalue weighted by molar-refractivity contribution is 5.87.